The molecule has 1 atom stereocenters. The first-order valence-electron chi connectivity index (χ1n) is 4.96. The minimum absolute atomic E-state index is 0.0558. The highest BCUT2D eigenvalue weighted by molar-refractivity contribution is 7.09. The number of hydrogen-bond donors (Lipinski definition) is 1. The molecule has 0 radical (unpaired) electrons. The Balaban J connectivity index is 2.62. The summed E-state index contributed by atoms with van der Waals surface area (Å²) in [5.41, 5.74) is 0. The van der Waals surface area contributed by atoms with Crippen LogP contribution in [0.3, 0.4) is 0 Å². The SMILES string of the molecule is CN(C)C(=O)CC(Cc1cccs1)C(=O)O. The van der Waals surface area contributed by atoms with Gasteiger partial charge in [0.05, 0.1) is 5.92 Å². The summed E-state index contributed by atoms with van der Waals surface area (Å²) < 4.78 is 0. The molecule has 0 aromatic carbocycles. The van der Waals surface area contributed by atoms with Crippen LogP contribution in [0.2, 0.25) is 0 Å². The second-order valence-electron chi connectivity index (χ2n) is 3.81. The van der Waals surface area contributed by atoms with Gasteiger partial charge >= 0.3 is 5.97 Å². The molecule has 1 heterocycles. The molecular weight excluding hydrogens is 226 g/mol. The van der Waals surface area contributed by atoms with Crippen LogP contribution in [0, 0.1) is 5.92 Å². The predicted molar refractivity (Wildman–Crippen MR) is 62.5 cm³/mol. The van der Waals surface area contributed by atoms with Gasteiger partial charge in [0.1, 0.15) is 0 Å². The van der Waals surface area contributed by atoms with Gasteiger partial charge in [-0.2, -0.15) is 0 Å². The van der Waals surface area contributed by atoms with Crippen LogP contribution in [0.4, 0.5) is 0 Å². The van der Waals surface area contributed by atoms with Crippen LogP contribution in [-0.2, 0) is 16.0 Å². The highest BCUT2D eigenvalue weighted by atomic mass is 32.1. The molecule has 1 N–H and O–H groups in total. The molecule has 88 valence electrons. The molecule has 0 aliphatic carbocycles. The van der Waals surface area contributed by atoms with Crippen molar-refractivity contribution in [2.75, 3.05) is 14.1 Å². The second kappa shape index (κ2) is 5.65. The normalized spacial score (nSPS) is 12.1. The Bertz CT molecular complexity index is 359. The molecule has 16 heavy (non-hydrogen) atoms. The zero-order valence-electron chi connectivity index (χ0n) is 9.34. The summed E-state index contributed by atoms with van der Waals surface area (Å²) >= 11 is 1.52. The van der Waals surface area contributed by atoms with Gasteiger partial charge in [0.15, 0.2) is 0 Å². The van der Waals surface area contributed by atoms with Gasteiger partial charge in [-0.3, -0.25) is 9.59 Å². The average Bonchev–Trinajstić information content (AvgIpc) is 2.68. The van der Waals surface area contributed by atoms with E-state index in [4.69, 9.17) is 5.11 Å². The summed E-state index contributed by atoms with van der Waals surface area (Å²) in [7, 11) is 3.26. The lowest BCUT2D eigenvalue weighted by Gasteiger charge is -2.14. The number of aliphatic carboxylic acids is 1. The Morgan fingerprint density at radius 3 is 2.62 bits per heavy atom. The van der Waals surface area contributed by atoms with Gasteiger partial charge < -0.3 is 10.0 Å². The van der Waals surface area contributed by atoms with Crippen LogP contribution in [0.5, 0.6) is 0 Å². The Kier molecular flexibility index (Phi) is 4.49. The first-order chi connectivity index (χ1) is 7.50. The number of carboxylic acids is 1. The third-order valence-corrected chi connectivity index (χ3v) is 3.20. The average molecular weight is 241 g/mol. The molecule has 4 nitrogen and oxygen atoms in total. The van der Waals surface area contributed by atoms with Crippen molar-refractivity contribution in [3.8, 4) is 0 Å². The van der Waals surface area contributed by atoms with Gasteiger partial charge in [0.2, 0.25) is 5.91 Å². The van der Waals surface area contributed by atoms with Gasteiger partial charge in [-0.15, -0.1) is 11.3 Å². The van der Waals surface area contributed by atoms with Crippen LogP contribution in [-0.4, -0.2) is 36.0 Å². The van der Waals surface area contributed by atoms with Crippen molar-refractivity contribution in [1.29, 1.82) is 0 Å². The van der Waals surface area contributed by atoms with E-state index in [0.29, 0.717) is 6.42 Å². The molecule has 5 heteroatoms. The lowest BCUT2D eigenvalue weighted by atomic mass is 10.00. The van der Waals surface area contributed by atoms with Gasteiger partial charge in [0.25, 0.3) is 0 Å². The number of nitrogens with zero attached hydrogens (tertiary/aromatic N) is 1. The fourth-order valence-corrected chi connectivity index (χ4v) is 2.10. The lowest BCUT2D eigenvalue weighted by molar-refractivity contribution is -0.145. The molecule has 0 aliphatic heterocycles. The first-order valence-corrected chi connectivity index (χ1v) is 5.84. The third kappa shape index (κ3) is 3.66. The molecule has 0 spiro atoms. The van der Waals surface area contributed by atoms with E-state index in [1.807, 2.05) is 17.5 Å². The van der Waals surface area contributed by atoms with Crippen molar-refractivity contribution in [2.24, 2.45) is 5.92 Å². The largest absolute Gasteiger partial charge is 0.481 e. The maximum atomic E-state index is 11.5. The van der Waals surface area contributed by atoms with Crippen LogP contribution in [0.1, 0.15) is 11.3 Å². The van der Waals surface area contributed by atoms with Gasteiger partial charge in [-0.05, 0) is 17.9 Å². The Labute approximate surface area is 98.5 Å². The summed E-state index contributed by atoms with van der Waals surface area (Å²) in [4.78, 5) is 24.9. The fraction of sp³-hybridized carbons (Fsp3) is 0.455. The summed E-state index contributed by atoms with van der Waals surface area (Å²) in [5.74, 6) is -1.69. The van der Waals surface area contributed by atoms with Gasteiger partial charge in [-0.25, -0.2) is 0 Å². The number of hydrogen-bond acceptors (Lipinski definition) is 3. The zero-order chi connectivity index (χ0) is 12.1. The van der Waals surface area contributed by atoms with Crippen LogP contribution in [0.25, 0.3) is 0 Å². The zero-order valence-corrected chi connectivity index (χ0v) is 10.2. The summed E-state index contributed by atoms with van der Waals surface area (Å²) in [6, 6.07) is 3.77. The molecule has 0 aliphatic rings. The Morgan fingerprint density at radius 1 is 1.50 bits per heavy atom. The summed E-state index contributed by atoms with van der Waals surface area (Å²) in [6.45, 7) is 0. The molecule has 0 fully saturated rings. The van der Waals surface area contributed by atoms with Crippen molar-refractivity contribution in [3.05, 3.63) is 22.4 Å². The standard InChI is InChI=1S/C11H15NO3S/c1-12(2)10(13)7-8(11(14)15)6-9-4-3-5-16-9/h3-5,8H,6-7H2,1-2H3,(H,14,15). The predicted octanol–water partition coefficient (Wildman–Crippen LogP) is 1.47. The molecule has 1 aromatic heterocycles. The molecule has 1 aromatic rings. The quantitative estimate of drug-likeness (QED) is 0.849. The minimum atomic E-state index is -0.913. The molecule has 0 saturated heterocycles. The molecule has 0 saturated carbocycles. The topological polar surface area (TPSA) is 57.6 Å². The summed E-state index contributed by atoms with van der Waals surface area (Å²) in [6.07, 6.45) is 0.479. The van der Waals surface area contributed by atoms with E-state index < -0.39 is 11.9 Å². The van der Waals surface area contributed by atoms with E-state index in [1.54, 1.807) is 14.1 Å². The summed E-state index contributed by atoms with van der Waals surface area (Å²) in [5, 5.41) is 10.9. The third-order valence-electron chi connectivity index (χ3n) is 2.30. The van der Waals surface area contributed by atoms with Crippen molar-refractivity contribution in [1.82, 2.24) is 4.90 Å². The van der Waals surface area contributed by atoms with Crippen molar-refractivity contribution in [3.63, 3.8) is 0 Å². The minimum Gasteiger partial charge on any atom is -0.481 e. The monoisotopic (exact) mass is 241 g/mol. The maximum Gasteiger partial charge on any atom is 0.307 e. The number of carboxylic acid groups (broad SMARTS) is 1. The molecule has 0 bridgehead atoms. The van der Waals surface area contributed by atoms with Gasteiger partial charge in [-0.1, -0.05) is 6.07 Å². The van der Waals surface area contributed by atoms with Crippen LogP contribution in [0.15, 0.2) is 17.5 Å². The highest BCUT2D eigenvalue weighted by Crippen LogP contribution is 2.17. The molecule has 1 amide bonds. The number of rotatable bonds is 5. The van der Waals surface area contributed by atoms with Crippen molar-refractivity contribution in [2.45, 2.75) is 12.8 Å². The van der Waals surface area contributed by atoms with Gasteiger partial charge in [0, 0.05) is 25.4 Å². The highest BCUT2D eigenvalue weighted by Gasteiger charge is 2.22. The lowest BCUT2D eigenvalue weighted by Crippen LogP contribution is -2.28. The fourth-order valence-electron chi connectivity index (χ4n) is 1.31. The molecule has 1 rings (SSSR count). The second-order valence-corrected chi connectivity index (χ2v) is 4.84. The Morgan fingerprint density at radius 2 is 2.19 bits per heavy atom. The van der Waals surface area contributed by atoms with E-state index in [2.05, 4.69) is 0 Å². The van der Waals surface area contributed by atoms with Crippen LogP contribution < -0.4 is 0 Å². The smallest absolute Gasteiger partial charge is 0.307 e. The van der Waals surface area contributed by atoms with Crippen molar-refractivity contribution < 1.29 is 14.7 Å². The first kappa shape index (κ1) is 12.7. The molecule has 1 unspecified atom stereocenters. The van der Waals surface area contributed by atoms with E-state index in [1.165, 1.54) is 16.2 Å². The van der Waals surface area contributed by atoms with Crippen molar-refractivity contribution >= 4 is 23.2 Å². The number of thiophene rings is 1. The Hall–Kier alpha value is -1.36. The van der Waals surface area contributed by atoms with Crippen LogP contribution >= 0.6 is 11.3 Å². The van der Waals surface area contributed by atoms with E-state index in [-0.39, 0.29) is 12.3 Å². The van der Waals surface area contributed by atoms with E-state index in [0.717, 1.165) is 4.88 Å². The maximum absolute atomic E-state index is 11.5. The molecular formula is C11H15NO3S. The number of amides is 1. The van der Waals surface area contributed by atoms with E-state index in [9.17, 15) is 9.59 Å². The number of carbonyl (C=O) groups excluding carboxylic acids is 1. The number of carbonyl (C=O) groups is 2. The van der Waals surface area contributed by atoms with E-state index >= 15 is 0 Å².